The van der Waals surface area contributed by atoms with Gasteiger partial charge in [-0.15, -0.1) is 0 Å². The minimum Gasteiger partial charge on any atom is -0.471 e. The van der Waals surface area contributed by atoms with E-state index in [1.165, 1.54) is 12.3 Å². The Morgan fingerprint density at radius 3 is 2.52 bits per heavy atom. The fourth-order valence-electron chi connectivity index (χ4n) is 2.12. The van der Waals surface area contributed by atoms with Crippen LogP contribution in [-0.2, 0) is 6.18 Å². The van der Waals surface area contributed by atoms with Gasteiger partial charge in [-0.2, -0.15) is 13.2 Å². The number of carbonyl (C=O) groups excluding carboxylic acids is 1. The Hall–Kier alpha value is -2.64. The standard InChI is InChI=1S/C15H12F3N3O2/c16-15(17,18)10-4-5-13(20-7-10)23-11-8-21(9-11)14(22)12-3-1-2-6-19-12/h1-7,11H,8-9H2. The smallest absolute Gasteiger partial charge is 0.417 e. The maximum absolute atomic E-state index is 12.4. The number of carbonyl (C=O) groups is 1. The maximum Gasteiger partial charge on any atom is 0.417 e. The highest BCUT2D eigenvalue weighted by molar-refractivity contribution is 5.92. The number of likely N-dealkylation sites (tertiary alicyclic amines) is 1. The van der Waals surface area contributed by atoms with Crippen LogP contribution < -0.4 is 4.74 Å². The molecule has 0 unspecified atom stereocenters. The molecule has 0 saturated carbocycles. The molecule has 0 radical (unpaired) electrons. The van der Waals surface area contributed by atoms with Gasteiger partial charge in [0.1, 0.15) is 11.8 Å². The summed E-state index contributed by atoms with van der Waals surface area (Å²) in [6.07, 6.45) is -2.45. The highest BCUT2D eigenvalue weighted by atomic mass is 19.4. The molecule has 120 valence electrons. The third-order valence-electron chi connectivity index (χ3n) is 3.37. The molecule has 23 heavy (non-hydrogen) atoms. The van der Waals surface area contributed by atoms with Crippen molar-refractivity contribution in [3.05, 3.63) is 54.0 Å². The number of nitrogens with zero attached hydrogens (tertiary/aromatic N) is 3. The second-order valence-corrected chi connectivity index (χ2v) is 5.05. The van der Waals surface area contributed by atoms with Crippen molar-refractivity contribution in [2.75, 3.05) is 13.1 Å². The molecule has 0 aliphatic carbocycles. The molecular weight excluding hydrogens is 311 g/mol. The lowest BCUT2D eigenvalue weighted by atomic mass is 10.1. The fourth-order valence-corrected chi connectivity index (χ4v) is 2.12. The number of halogens is 3. The van der Waals surface area contributed by atoms with Crippen LogP contribution in [0.2, 0.25) is 0 Å². The van der Waals surface area contributed by atoms with Crippen LogP contribution in [0.25, 0.3) is 0 Å². The summed E-state index contributed by atoms with van der Waals surface area (Å²) in [4.78, 5) is 21.2. The molecule has 1 aliphatic heterocycles. The van der Waals surface area contributed by atoms with Crippen molar-refractivity contribution in [3.63, 3.8) is 0 Å². The average molecular weight is 323 g/mol. The Labute approximate surface area is 129 Å². The van der Waals surface area contributed by atoms with Gasteiger partial charge >= 0.3 is 6.18 Å². The van der Waals surface area contributed by atoms with Crippen molar-refractivity contribution >= 4 is 5.91 Å². The third-order valence-corrected chi connectivity index (χ3v) is 3.37. The van der Waals surface area contributed by atoms with Gasteiger partial charge in [-0.05, 0) is 18.2 Å². The lowest BCUT2D eigenvalue weighted by Gasteiger charge is -2.38. The zero-order chi connectivity index (χ0) is 16.4. The molecule has 1 fully saturated rings. The number of rotatable bonds is 3. The molecule has 1 amide bonds. The Morgan fingerprint density at radius 2 is 1.96 bits per heavy atom. The van der Waals surface area contributed by atoms with Gasteiger partial charge in [-0.1, -0.05) is 6.07 Å². The van der Waals surface area contributed by atoms with Crippen LogP contribution in [0.1, 0.15) is 16.1 Å². The van der Waals surface area contributed by atoms with Gasteiger partial charge in [-0.3, -0.25) is 9.78 Å². The number of alkyl halides is 3. The first-order valence-corrected chi connectivity index (χ1v) is 6.84. The van der Waals surface area contributed by atoms with Crippen molar-refractivity contribution < 1.29 is 22.7 Å². The van der Waals surface area contributed by atoms with Gasteiger partial charge in [0.2, 0.25) is 5.88 Å². The Kier molecular flexibility index (Phi) is 3.89. The first-order chi connectivity index (χ1) is 10.9. The van der Waals surface area contributed by atoms with Crippen LogP contribution >= 0.6 is 0 Å². The van der Waals surface area contributed by atoms with Gasteiger partial charge < -0.3 is 9.64 Å². The van der Waals surface area contributed by atoms with Gasteiger partial charge in [0.05, 0.1) is 18.7 Å². The van der Waals surface area contributed by atoms with E-state index in [1.807, 2.05) is 0 Å². The molecule has 3 heterocycles. The zero-order valence-corrected chi connectivity index (χ0v) is 11.8. The van der Waals surface area contributed by atoms with Gasteiger partial charge in [-0.25, -0.2) is 4.98 Å². The number of pyridine rings is 2. The quantitative estimate of drug-likeness (QED) is 0.870. The third kappa shape index (κ3) is 3.41. The number of ether oxygens (including phenoxy) is 1. The SMILES string of the molecule is O=C(c1ccccn1)N1CC(Oc2ccc(C(F)(F)F)cn2)C1. The van der Waals surface area contributed by atoms with Crippen LogP contribution in [0.3, 0.4) is 0 Å². The van der Waals surface area contributed by atoms with E-state index in [0.29, 0.717) is 18.8 Å². The number of aromatic nitrogens is 2. The minimum absolute atomic E-state index is 0.105. The predicted octanol–water partition coefficient (Wildman–Crippen LogP) is 2.40. The maximum atomic E-state index is 12.4. The number of hydrogen-bond donors (Lipinski definition) is 0. The summed E-state index contributed by atoms with van der Waals surface area (Å²) in [5.74, 6) is -0.0984. The predicted molar refractivity (Wildman–Crippen MR) is 73.8 cm³/mol. The number of amides is 1. The second kappa shape index (κ2) is 5.86. The molecule has 2 aromatic rings. The fraction of sp³-hybridized carbons (Fsp3) is 0.267. The summed E-state index contributed by atoms with van der Waals surface area (Å²) >= 11 is 0. The van der Waals surface area contributed by atoms with Crippen LogP contribution in [-0.4, -0.2) is 40.0 Å². The second-order valence-electron chi connectivity index (χ2n) is 5.05. The first kappa shape index (κ1) is 15.3. The lowest BCUT2D eigenvalue weighted by molar-refractivity contribution is -0.137. The van der Waals surface area contributed by atoms with Crippen molar-refractivity contribution in [3.8, 4) is 5.88 Å². The molecule has 1 saturated heterocycles. The summed E-state index contributed by atoms with van der Waals surface area (Å²) in [5.41, 5.74) is -0.482. The van der Waals surface area contributed by atoms with E-state index in [9.17, 15) is 18.0 Å². The van der Waals surface area contributed by atoms with E-state index in [0.717, 1.165) is 12.3 Å². The molecule has 3 rings (SSSR count). The molecule has 0 bridgehead atoms. The van der Waals surface area contributed by atoms with Crippen LogP contribution in [0.5, 0.6) is 5.88 Å². The Bertz CT molecular complexity index is 683. The highest BCUT2D eigenvalue weighted by Crippen LogP contribution is 2.29. The van der Waals surface area contributed by atoms with Crippen LogP contribution in [0, 0.1) is 0 Å². The van der Waals surface area contributed by atoms with Crippen molar-refractivity contribution in [2.45, 2.75) is 12.3 Å². The van der Waals surface area contributed by atoms with E-state index in [1.54, 1.807) is 23.1 Å². The summed E-state index contributed by atoms with van der Waals surface area (Å²) in [5, 5.41) is 0. The average Bonchev–Trinajstić information content (AvgIpc) is 2.50. The topological polar surface area (TPSA) is 55.3 Å². The van der Waals surface area contributed by atoms with Crippen molar-refractivity contribution in [1.82, 2.24) is 14.9 Å². The van der Waals surface area contributed by atoms with Crippen molar-refractivity contribution in [1.29, 1.82) is 0 Å². The Morgan fingerprint density at radius 1 is 1.17 bits per heavy atom. The summed E-state index contributed by atoms with van der Waals surface area (Å²) < 4.78 is 42.7. The summed E-state index contributed by atoms with van der Waals surface area (Å²) in [7, 11) is 0. The van der Waals surface area contributed by atoms with E-state index < -0.39 is 11.7 Å². The minimum atomic E-state index is -4.42. The largest absolute Gasteiger partial charge is 0.471 e. The Balaban J connectivity index is 1.53. The van der Waals surface area contributed by atoms with Crippen molar-refractivity contribution in [2.24, 2.45) is 0 Å². The van der Waals surface area contributed by atoms with E-state index in [-0.39, 0.29) is 17.9 Å². The molecule has 0 N–H and O–H groups in total. The molecule has 2 aromatic heterocycles. The van der Waals surface area contributed by atoms with Gasteiger partial charge in [0.15, 0.2) is 0 Å². The lowest BCUT2D eigenvalue weighted by Crippen LogP contribution is -2.56. The normalized spacial score (nSPS) is 15.2. The monoisotopic (exact) mass is 323 g/mol. The highest BCUT2D eigenvalue weighted by Gasteiger charge is 2.34. The molecule has 0 aromatic carbocycles. The molecule has 1 aliphatic rings. The molecule has 0 spiro atoms. The van der Waals surface area contributed by atoms with Crippen LogP contribution in [0.15, 0.2) is 42.7 Å². The van der Waals surface area contributed by atoms with Gasteiger partial charge in [0.25, 0.3) is 5.91 Å². The summed E-state index contributed by atoms with van der Waals surface area (Å²) in [6, 6.07) is 7.15. The molecule has 5 nitrogen and oxygen atoms in total. The van der Waals surface area contributed by atoms with E-state index in [2.05, 4.69) is 9.97 Å². The van der Waals surface area contributed by atoms with Gasteiger partial charge in [0, 0.05) is 18.5 Å². The summed E-state index contributed by atoms with van der Waals surface area (Å²) in [6.45, 7) is 0.691. The zero-order valence-electron chi connectivity index (χ0n) is 11.8. The van der Waals surface area contributed by atoms with Crippen LogP contribution in [0.4, 0.5) is 13.2 Å². The number of hydrogen-bond acceptors (Lipinski definition) is 4. The van der Waals surface area contributed by atoms with E-state index in [4.69, 9.17) is 4.74 Å². The molecule has 0 atom stereocenters. The first-order valence-electron chi connectivity index (χ1n) is 6.84. The molecule has 8 heteroatoms. The molecular formula is C15H12F3N3O2. The van der Waals surface area contributed by atoms with E-state index >= 15 is 0 Å².